The molecule has 0 aromatic carbocycles. The minimum absolute atomic E-state index is 0.218. The lowest BCUT2D eigenvalue weighted by Gasteiger charge is -2.13. The summed E-state index contributed by atoms with van der Waals surface area (Å²) in [5.74, 6) is 5.95. The minimum atomic E-state index is 0.218. The zero-order valence-corrected chi connectivity index (χ0v) is 8.62. The molecule has 1 heterocycles. The molecule has 0 saturated heterocycles. The van der Waals surface area contributed by atoms with Crippen molar-refractivity contribution in [2.24, 2.45) is 0 Å². The second-order valence-electron chi connectivity index (χ2n) is 2.88. The normalized spacial score (nSPS) is 11.6. The number of rotatable bonds is 4. The molecule has 1 aromatic heterocycles. The van der Waals surface area contributed by atoms with Gasteiger partial charge in [0, 0.05) is 12.6 Å². The van der Waals surface area contributed by atoms with E-state index in [1.54, 1.807) is 12.5 Å². The van der Waals surface area contributed by atoms with Gasteiger partial charge in [-0.15, -0.1) is 11.8 Å². The van der Waals surface area contributed by atoms with Crippen LogP contribution in [-0.2, 0) is 0 Å². The standard InChI is InChI=1S/C11H15N3/c1-3-5-6-10(13-4-2)11-7-8-12-9-14-11/h7-10,13H,4,6H2,1-2H3. The average molecular weight is 189 g/mol. The highest BCUT2D eigenvalue weighted by atomic mass is 14.9. The SMILES string of the molecule is CC#CCC(NCC)c1ccncn1. The van der Waals surface area contributed by atoms with Crippen LogP contribution in [0.1, 0.15) is 32.0 Å². The molecular formula is C11H15N3. The summed E-state index contributed by atoms with van der Waals surface area (Å²) in [7, 11) is 0. The maximum absolute atomic E-state index is 4.21. The van der Waals surface area contributed by atoms with Crippen molar-refractivity contribution in [1.29, 1.82) is 0 Å². The van der Waals surface area contributed by atoms with Gasteiger partial charge in [-0.2, -0.15) is 0 Å². The van der Waals surface area contributed by atoms with Gasteiger partial charge in [-0.3, -0.25) is 0 Å². The van der Waals surface area contributed by atoms with Crippen molar-refractivity contribution in [3.63, 3.8) is 0 Å². The Morgan fingerprint density at radius 2 is 2.43 bits per heavy atom. The maximum Gasteiger partial charge on any atom is 0.115 e. The molecule has 0 bridgehead atoms. The molecule has 14 heavy (non-hydrogen) atoms. The van der Waals surface area contributed by atoms with Crippen molar-refractivity contribution >= 4 is 0 Å². The van der Waals surface area contributed by atoms with Gasteiger partial charge in [-0.1, -0.05) is 6.92 Å². The molecule has 3 nitrogen and oxygen atoms in total. The number of hydrogen-bond donors (Lipinski definition) is 1. The molecule has 0 saturated carbocycles. The van der Waals surface area contributed by atoms with E-state index in [4.69, 9.17) is 0 Å². The predicted octanol–water partition coefficient (Wildman–Crippen LogP) is 1.54. The van der Waals surface area contributed by atoms with E-state index in [0.29, 0.717) is 0 Å². The highest BCUT2D eigenvalue weighted by Crippen LogP contribution is 2.11. The lowest BCUT2D eigenvalue weighted by molar-refractivity contribution is 0.550. The first-order valence-electron chi connectivity index (χ1n) is 4.77. The van der Waals surface area contributed by atoms with E-state index in [1.165, 1.54) is 0 Å². The van der Waals surface area contributed by atoms with Gasteiger partial charge in [0.1, 0.15) is 6.33 Å². The fraction of sp³-hybridized carbons (Fsp3) is 0.455. The van der Waals surface area contributed by atoms with E-state index in [-0.39, 0.29) is 6.04 Å². The molecule has 74 valence electrons. The lowest BCUT2D eigenvalue weighted by Crippen LogP contribution is -2.21. The Bertz CT molecular complexity index is 310. The Morgan fingerprint density at radius 3 is 3.00 bits per heavy atom. The van der Waals surface area contributed by atoms with Crippen LogP contribution in [0.15, 0.2) is 18.6 Å². The van der Waals surface area contributed by atoms with Crippen LogP contribution in [0.3, 0.4) is 0 Å². The molecule has 1 atom stereocenters. The van der Waals surface area contributed by atoms with E-state index < -0.39 is 0 Å². The summed E-state index contributed by atoms with van der Waals surface area (Å²) >= 11 is 0. The molecular weight excluding hydrogens is 174 g/mol. The zero-order chi connectivity index (χ0) is 10.2. The number of nitrogens with one attached hydrogen (secondary N) is 1. The molecule has 1 unspecified atom stereocenters. The van der Waals surface area contributed by atoms with Gasteiger partial charge in [-0.25, -0.2) is 9.97 Å². The third-order valence-corrected chi connectivity index (χ3v) is 1.90. The van der Waals surface area contributed by atoms with Gasteiger partial charge in [0.2, 0.25) is 0 Å². The summed E-state index contributed by atoms with van der Waals surface area (Å²) in [6.45, 7) is 4.84. The third-order valence-electron chi connectivity index (χ3n) is 1.90. The van der Waals surface area contributed by atoms with Crippen LogP contribution in [0.2, 0.25) is 0 Å². The molecule has 0 fully saturated rings. The van der Waals surface area contributed by atoms with Crippen LogP contribution in [0.5, 0.6) is 0 Å². The molecule has 0 aliphatic rings. The first kappa shape index (κ1) is 10.7. The van der Waals surface area contributed by atoms with Crippen LogP contribution in [0.25, 0.3) is 0 Å². The second kappa shape index (κ2) is 6.11. The average Bonchev–Trinajstić information content (AvgIpc) is 2.25. The van der Waals surface area contributed by atoms with Gasteiger partial charge < -0.3 is 5.32 Å². The Kier molecular flexibility index (Phi) is 4.66. The van der Waals surface area contributed by atoms with Crippen LogP contribution in [0.4, 0.5) is 0 Å². The van der Waals surface area contributed by atoms with E-state index in [9.17, 15) is 0 Å². The Hall–Kier alpha value is -1.40. The van der Waals surface area contributed by atoms with Crippen LogP contribution < -0.4 is 5.32 Å². The summed E-state index contributed by atoms with van der Waals surface area (Å²) in [5, 5.41) is 3.34. The van der Waals surface area contributed by atoms with E-state index in [0.717, 1.165) is 18.7 Å². The topological polar surface area (TPSA) is 37.8 Å². The van der Waals surface area contributed by atoms with Crippen molar-refractivity contribution < 1.29 is 0 Å². The molecule has 1 aromatic rings. The van der Waals surface area contributed by atoms with Gasteiger partial charge in [0.05, 0.1) is 11.7 Å². The first-order valence-corrected chi connectivity index (χ1v) is 4.77. The van der Waals surface area contributed by atoms with Gasteiger partial charge in [0.15, 0.2) is 0 Å². The minimum Gasteiger partial charge on any atom is -0.308 e. The zero-order valence-electron chi connectivity index (χ0n) is 8.62. The quantitative estimate of drug-likeness (QED) is 0.730. The molecule has 0 spiro atoms. The summed E-state index contributed by atoms with van der Waals surface area (Å²) < 4.78 is 0. The molecule has 0 amide bonds. The van der Waals surface area contributed by atoms with Crippen molar-refractivity contribution in [2.45, 2.75) is 26.3 Å². The summed E-state index contributed by atoms with van der Waals surface area (Å²) in [6, 6.07) is 2.14. The smallest absolute Gasteiger partial charge is 0.115 e. The molecule has 0 aliphatic carbocycles. The summed E-state index contributed by atoms with van der Waals surface area (Å²) in [6.07, 6.45) is 4.12. The number of nitrogens with zero attached hydrogens (tertiary/aromatic N) is 2. The maximum atomic E-state index is 4.21. The third kappa shape index (κ3) is 3.15. The van der Waals surface area contributed by atoms with Gasteiger partial charge in [0.25, 0.3) is 0 Å². The molecule has 0 radical (unpaired) electrons. The van der Waals surface area contributed by atoms with Crippen LogP contribution >= 0.6 is 0 Å². The van der Waals surface area contributed by atoms with Crippen molar-refractivity contribution in [2.75, 3.05) is 6.54 Å². The van der Waals surface area contributed by atoms with Crippen LogP contribution in [0, 0.1) is 11.8 Å². The number of hydrogen-bond acceptors (Lipinski definition) is 3. The van der Waals surface area contributed by atoms with Gasteiger partial charge in [-0.05, 0) is 19.5 Å². The molecule has 3 heteroatoms. The summed E-state index contributed by atoms with van der Waals surface area (Å²) in [4.78, 5) is 8.10. The Labute approximate surface area is 85.0 Å². The highest BCUT2D eigenvalue weighted by Gasteiger charge is 2.08. The van der Waals surface area contributed by atoms with E-state index in [2.05, 4.69) is 34.0 Å². The molecule has 0 aliphatic heterocycles. The Balaban J connectivity index is 2.70. The first-order chi connectivity index (χ1) is 6.88. The highest BCUT2D eigenvalue weighted by molar-refractivity contribution is 5.09. The fourth-order valence-corrected chi connectivity index (χ4v) is 1.24. The van der Waals surface area contributed by atoms with E-state index >= 15 is 0 Å². The van der Waals surface area contributed by atoms with Crippen molar-refractivity contribution in [3.8, 4) is 11.8 Å². The summed E-state index contributed by atoms with van der Waals surface area (Å²) in [5.41, 5.74) is 1.00. The van der Waals surface area contributed by atoms with Crippen molar-refractivity contribution in [1.82, 2.24) is 15.3 Å². The van der Waals surface area contributed by atoms with Crippen molar-refractivity contribution in [3.05, 3.63) is 24.3 Å². The second-order valence-corrected chi connectivity index (χ2v) is 2.88. The van der Waals surface area contributed by atoms with Crippen LogP contribution in [-0.4, -0.2) is 16.5 Å². The van der Waals surface area contributed by atoms with Gasteiger partial charge >= 0.3 is 0 Å². The Morgan fingerprint density at radius 1 is 1.57 bits per heavy atom. The lowest BCUT2D eigenvalue weighted by atomic mass is 10.1. The molecule has 1 rings (SSSR count). The largest absolute Gasteiger partial charge is 0.308 e. The fourth-order valence-electron chi connectivity index (χ4n) is 1.24. The number of aromatic nitrogens is 2. The molecule has 1 N–H and O–H groups in total. The monoisotopic (exact) mass is 189 g/mol. The van der Waals surface area contributed by atoms with E-state index in [1.807, 2.05) is 13.0 Å². The predicted molar refractivity (Wildman–Crippen MR) is 56.5 cm³/mol.